The maximum atomic E-state index is 14.0. The second-order valence-electron chi connectivity index (χ2n) is 4.77. The smallest absolute Gasteiger partial charge is 0.128 e. The monoisotopic (exact) mass is 237 g/mol. The Morgan fingerprint density at radius 1 is 1.47 bits per heavy atom. The lowest BCUT2D eigenvalue weighted by Crippen LogP contribution is -2.32. The van der Waals surface area contributed by atoms with Crippen LogP contribution in [0.15, 0.2) is 18.2 Å². The number of rotatable bonds is 3. The van der Waals surface area contributed by atoms with Gasteiger partial charge in [0.05, 0.1) is 6.61 Å². The molecule has 0 amide bonds. The number of nitrogens with one attached hydrogen (secondary N) is 1. The van der Waals surface area contributed by atoms with Crippen LogP contribution in [0.3, 0.4) is 0 Å². The minimum absolute atomic E-state index is 0.0518. The van der Waals surface area contributed by atoms with Crippen molar-refractivity contribution in [3.05, 3.63) is 35.1 Å². The van der Waals surface area contributed by atoms with E-state index in [0.717, 1.165) is 37.2 Å². The summed E-state index contributed by atoms with van der Waals surface area (Å²) in [6.45, 7) is 3.47. The molecule has 1 aliphatic heterocycles. The topological polar surface area (TPSA) is 21.3 Å². The van der Waals surface area contributed by atoms with Crippen LogP contribution in [-0.2, 0) is 4.74 Å². The van der Waals surface area contributed by atoms with Gasteiger partial charge in [0.25, 0.3) is 0 Å². The van der Waals surface area contributed by atoms with E-state index in [4.69, 9.17) is 4.74 Å². The van der Waals surface area contributed by atoms with Crippen molar-refractivity contribution in [3.8, 4) is 0 Å². The van der Waals surface area contributed by atoms with Gasteiger partial charge in [-0.2, -0.15) is 0 Å². The fourth-order valence-corrected chi connectivity index (χ4v) is 2.56. The molecule has 0 aliphatic carbocycles. The molecule has 1 N–H and O–H groups in total. The summed E-state index contributed by atoms with van der Waals surface area (Å²) < 4.78 is 19.4. The highest BCUT2D eigenvalue weighted by molar-refractivity contribution is 5.26. The Bertz CT molecular complexity index is 374. The quantitative estimate of drug-likeness (QED) is 0.872. The zero-order valence-corrected chi connectivity index (χ0v) is 10.5. The zero-order valence-electron chi connectivity index (χ0n) is 10.5. The van der Waals surface area contributed by atoms with Crippen molar-refractivity contribution in [3.63, 3.8) is 0 Å². The maximum absolute atomic E-state index is 14.0. The predicted molar refractivity (Wildman–Crippen MR) is 66.5 cm³/mol. The molecule has 1 aromatic rings. The van der Waals surface area contributed by atoms with Crippen molar-refractivity contribution in [1.82, 2.24) is 5.32 Å². The van der Waals surface area contributed by atoms with Crippen LogP contribution in [-0.4, -0.2) is 20.3 Å². The highest BCUT2D eigenvalue weighted by Gasteiger charge is 2.26. The van der Waals surface area contributed by atoms with Gasteiger partial charge in [0.1, 0.15) is 5.82 Å². The molecule has 1 heterocycles. The molecular formula is C14H20FNO. The normalized spacial score (nSPS) is 22.4. The Labute approximate surface area is 102 Å². The first kappa shape index (κ1) is 12.5. The van der Waals surface area contributed by atoms with E-state index in [0.29, 0.717) is 5.92 Å². The van der Waals surface area contributed by atoms with Crippen molar-refractivity contribution >= 4 is 0 Å². The Hall–Kier alpha value is -0.930. The first-order chi connectivity index (χ1) is 8.22. The van der Waals surface area contributed by atoms with Crippen LogP contribution >= 0.6 is 0 Å². The maximum Gasteiger partial charge on any atom is 0.128 e. The fourth-order valence-electron chi connectivity index (χ4n) is 2.56. The van der Waals surface area contributed by atoms with Gasteiger partial charge in [0.2, 0.25) is 0 Å². The number of hydrogen-bond donors (Lipinski definition) is 1. The Morgan fingerprint density at radius 3 is 2.88 bits per heavy atom. The second-order valence-corrected chi connectivity index (χ2v) is 4.77. The van der Waals surface area contributed by atoms with Crippen molar-refractivity contribution in [2.75, 3.05) is 20.3 Å². The Morgan fingerprint density at radius 2 is 2.29 bits per heavy atom. The summed E-state index contributed by atoms with van der Waals surface area (Å²) in [5, 5.41) is 3.23. The van der Waals surface area contributed by atoms with Gasteiger partial charge in [-0.3, -0.25) is 0 Å². The third-order valence-corrected chi connectivity index (χ3v) is 3.47. The minimum Gasteiger partial charge on any atom is -0.381 e. The van der Waals surface area contributed by atoms with Gasteiger partial charge in [-0.05, 0) is 38.4 Å². The molecule has 2 unspecified atom stereocenters. The zero-order chi connectivity index (χ0) is 12.3. The summed E-state index contributed by atoms with van der Waals surface area (Å²) >= 11 is 0. The van der Waals surface area contributed by atoms with E-state index in [1.165, 1.54) is 0 Å². The van der Waals surface area contributed by atoms with E-state index in [1.807, 2.05) is 26.1 Å². The highest BCUT2D eigenvalue weighted by Crippen LogP contribution is 2.30. The molecule has 1 saturated heterocycles. The van der Waals surface area contributed by atoms with Crippen LogP contribution in [0.25, 0.3) is 0 Å². The SMILES string of the molecule is CNC(c1ccc(C)cc1F)C1CCCOC1. The first-order valence-corrected chi connectivity index (χ1v) is 6.23. The first-order valence-electron chi connectivity index (χ1n) is 6.23. The number of halogens is 1. The molecule has 1 aliphatic rings. The average Bonchev–Trinajstić information content (AvgIpc) is 2.34. The van der Waals surface area contributed by atoms with Crippen LogP contribution in [0.4, 0.5) is 4.39 Å². The highest BCUT2D eigenvalue weighted by atomic mass is 19.1. The van der Waals surface area contributed by atoms with Crippen LogP contribution < -0.4 is 5.32 Å². The van der Waals surface area contributed by atoms with Gasteiger partial charge in [-0.1, -0.05) is 12.1 Å². The Balaban J connectivity index is 2.21. The lowest BCUT2D eigenvalue weighted by molar-refractivity contribution is 0.0397. The predicted octanol–water partition coefficient (Wildman–Crippen LogP) is 2.82. The lowest BCUT2D eigenvalue weighted by Gasteiger charge is -2.30. The summed E-state index contributed by atoms with van der Waals surface area (Å²) in [6, 6.07) is 5.51. The molecule has 3 heteroatoms. The van der Waals surface area contributed by atoms with Gasteiger partial charge in [-0.25, -0.2) is 4.39 Å². The summed E-state index contributed by atoms with van der Waals surface area (Å²) in [7, 11) is 1.89. The number of hydrogen-bond acceptors (Lipinski definition) is 2. The van der Waals surface area contributed by atoms with Gasteiger partial charge >= 0.3 is 0 Å². The molecule has 17 heavy (non-hydrogen) atoms. The molecule has 2 nitrogen and oxygen atoms in total. The van der Waals surface area contributed by atoms with E-state index in [-0.39, 0.29) is 11.9 Å². The van der Waals surface area contributed by atoms with E-state index in [2.05, 4.69) is 5.32 Å². The third kappa shape index (κ3) is 2.85. The van der Waals surface area contributed by atoms with Gasteiger partial charge in [0, 0.05) is 24.1 Å². The summed E-state index contributed by atoms with van der Waals surface area (Å²) in [5.41, 5.74) is 1.72. The molecule has 0 radical (unpaired) electrons. The molecule has 94 valence electrons. The van der Waals surface area contributed by atoms with E-state index >= 15 is 0 Å². The van der Waals surface area contributed by atoms with Crippen LogP contribution in [0.5, 0.6) is 0 Å². The molecule has 0 bridgehead atoms. The Kier molecular flexibility index (Phi) is 4.13. The third-order valence-electron chi connectivity index (χ3n) is 3.47. The van der Waals surface area contributed by atoms with Gasteiger partial charge in [-0.15, -0.1) is 0 Å². The number of benzene rings is 1. The van der Waals surface area contributed by atoms with Gasteiger partial charge < -0.3 is 10.1 Å². The molecular weight excluding hydrogens is 217 g/mol. The fraction of sp³-hybridized carbons (Fsp3) is 0.571. The average molecular weight is 237 g/mol. The van der Waals surface area contributed by atoms with Gasteiger partial charge in [0.15, 0.2) is 0 Å². The van der Waals surface area contributed by atoms with Crippen molar-refractivity contribution in [2.24, 2.45) is 5.92 Å². The van der Waals surface area contributed by atoms with Crippen LogP contribution in [0.2, 0.25) is 0 Å². The standard InChI is InChI=1S/C14H20FNO/c1-10-5-6-12(13(15)8-10)14(16-2)11-4-3-7-17-9-11/h5-6,8,11,14,16H,3-4,7,9H2,1-2H3. The molecule has 2 atom stereocenters. The van der Waals surface area contributed by atoms with Crippen molar-refractivity contribution in [2.45, 2.75) is 25.8 Å². The molecule has 1 fully saturated rings. The van der Waals surface area contributed by atoms with Crippen LogP contribution in [0, 0.1) is 18.7 Å². The molecule has 0 saturated carbocycles. The second kappa shape index (κ2) is 5.61. The lowest BCUT2D eigenvalue weighted by atomic mass is 9.88. The van der Waals surface area contributed by atoms with E-state index < -0.39 is 0 Å². The number of ether oxygens (including phenoxy) is 1. The number of aryl methyl sites for hydroxylation is 1. The van der Waals surface area contributed by atoms with Crippen molar-refractivity contribution in [1.29, 1.82) is 0 Å². The molecule has 1 aromatic carbocycles. The largest absolute Gasteiger partial charge is 0.381 e. The molecule has 0 spiro atoms. The van der Waals surface area contributed by atoms with Crippen LogP contribution in [0.1, 0.15) is 30.0 Å². The van der Waals surface area contributed by atoms with E-state index in [9.17, 15) is 4.39 Å². The minimum atomic E-state index is -0.116. The summed E-state index contributed by atoms with van der Waals surface area (Å²) in [5.74, 6) is 0.251. The van der Waals surface area contributed by atoms with Crippen molar-refractivity contribution < 1.29 is 9.13 Å². The van der Waals surface area contributed by atoms with E-state index in [1.54, 1.807) is 6.07 Å². The molecule has 0 aromatic heterocycles. The molecule has 2 rings (SSSR count). The summed E-state index contributed by atoms with van der Waals surface area (Å²) in [6.07, 6.45) is 2.16. The summed E-state index contributed by atoms with van der Waals surface area (Å²) in [4.78, 5) is 0.